The SMILES string of the molecule is O=C1CCC(N2C(=O)c3c(I)cccc3C2O)C(=O)N1. The molecule has 6 nitrogen and oxygen atoms in total. The van der Waals surface area contributed by atoms with Gasteiger partial charge in [0.2, 0.25) is 11.8 Å². The van der Waals surface area contributed by atoms with E-state index in [1.165, 1.54) is 0 Å². The molecule has 0 aromatic heterocycles. The number of hydrogen-bond acceptors (Lipinski definition) is 4. The Morgan fingerprint density at radius 3 is 2.70 bits per heavy atom. The van der Waals surface area contributed by atoms with Gasteiger partial charge in [-0.05, 0) is 35.1 Å². The number of halogens is 1. The number of carbonyl (C=O) groups excluding carboxylic acids is 3. The summed E-state index contributed by atoms with van der Waals surface area (Å²) in [6.07, 6.45) is -0.741. The van der Waals surface area contributed by atoms with Crippen molar-refractivity contribution < 1.29 is 19.5 Å². The number of rotatable bonds is 1. The second-order valence-corrected chi connectivity index (χ2v) is 5.92. The highest BCUT2D eigenvalue weighted by molar-refractivity contribution is 14.1. The van der Waals surface area contributed by atoms with E-state index in [1.54, 1.807) is 18.2 Å². The molecule has 2 N–H and O–H groups in total. The average Bonchev–Trinajstić information content (AvgIpc) is 2.64. The number of carbonyl (C=O) groups is 3. The van der Waals surface area contributed by atoms with Crippen LogP contribution in [-0.4, -0.2) is 33.8 Å². The van der Waals surface area contributed by atoms with E-state index < -0.39 is 18.2 Å². The van der Waals surface area contributed by atoms with Crippen LogP contribution in [0.1, 0.15) is 35.0 Å². The van der Waals surface area contributed by atoms with Crippen LogP contribution in [0, 0.1) is 3.57 Å². The Balaban J connectivity index is 1.98. The minimum atomic E-state index is -1.14. The number of imide groups is 1. The van der Waals surface area contributed by atoms with E-state index >= 15 is 0 Å². The van der Waals surface area contributed by atoms with Gasteiger partial charge in [-0.15, -0.1) is 0 Å². The fraction of sp³-hybridized carbons (Fsp3) is 0.308. The second-order valence-electron chi connectivity index (χ2n) is 4.76. The van der Waals surface area contributed by atoms with Crippen LogP contribution in [0.25, 0.3) is 0 Å². The Bertz CT molecular complexity index is 631. The summed E-state index contributed by atoms with van der Waals surface area (Å²) >= 11 is 2.03. The van der Waals surface area contributed by atoms with Crippen LogP contribution in [0.5, 0.6) is 0 Å². The Morgan fingerprint density at radius 1 is 1.30 bits per heavy atom. The fourth-order valence-electron chi connectivity index (χ4n) is 2.63. The monoisotopic (exact) mass is 386 g/mol. The lowest BCUT2D eigenvalue weighted by Crippen LogP contribution is -2.53. The molecule has 0 bridgehead atoms. The van der Waals surface area contributed by atoms with Gasteiger partial charge in [0.15, 0.2) is 6.23 Å². The minimum Gasteiger partial charge on any atom is -0.369 e. The molecule has 1 saturated heterocycles. The zero-order valence-corrected chi connectivity index (χ0v) is 12.5. The lowest BCUT2D eigenvalue weighted by molar-refractivity contribution is -0.139. The summed E-state index contributed by atoms with van der Waals surface area (Å²) in [7, 11) is 0. The highest BCUT2D eigenvalue weighted by Gasteiger charge is 2.44. The molecule has 0 spiro atoms. The molecule has 0 saturated carbocycles. The number of piperidine rings is 1. The predicted molar refractivity (Wildman–Crippen MR) is 76.5 cm³/mol. The van der Waals surface area contributed by atoms with E-state index in [4.69, 9.17) is 0 Å². The number of fused-ring (bicyclic) bond motifs is 1. The lowest BCUT2D eigenvalue weighted by atomic mass is 10.0. The molecule has 7 heteroatoms. The number of nitrogens with zero attached hydrogens (tertiary/aromatic N) is 1. The highest BCUT2D eigenvalue weighted by Crippen LogP contribution is 2.37. The summed E-state index contributed by atoms with van der Waals surface area (Å²) < 4.78 is 0.735. The van der Waals surface area contributed by atoms with Crippen molar-refractivity contribution in [2.45, 2.75) is 25.1 Å². The van der Waals surface area contributed by atoms with E-state index in [2.05, 4.69) is 5.32 Å². The quantitative estimate of drug-likeness (QED) is 0.545. The Hall–Kier alpha value is -1.48. The molecule has 20 heavy (non-hydrogen) atoms. The van der Waals surface area contributed by atoms with Crippen LogP contribution in [0.4, 0.5) is 0 Å². The maximum Gasteiger partial charge on any atom is 0.258 e. The maximum atomic E-state index is 12.5. The zero-order chi connectivity index (χ0) is 14.4. The molecule has 1 aromatic rings. The molecule has 3 amide bonds. The molecule has 0 aliphatic carbocycles. The lowest BCUT2D eigenvalue weighted by Gasteiger charge is -2.31. The number of aliphatic hydroxyl groups is 1. The van der Waals surface area contributed by atoms with E-state index in [9.17, 15) is 19.5 Å². The number of nitrogens with one attached hydrogen (secondary N) is 1. The van der Waals surface area contributed by atoms with Crippen molar-refractivity contribution in [1.29, 1.82) is 0 Å². The standard InChI is InChI=1S/C13H11IN2O4/c14-7-3-1-2-6-10(7)13(20)16(12(6)19)8-4-5-9(17)15-11(8)18/h1-3,8,12,19H,4-5H2,(H,15,17,18). The molecular formula is C13H11IN2O4. The number of amides is 3. The molecule has 1 fully saturated rings. The third kappa shape index (κ3) is 1.92. The van der Waals surface area contributed by atoms with Gasteiger partial charge in [-0.1, -0.05) is 12.1 Å². The molecule has 104 valence electrons. The van der Waals surface area contributed by atoms with Gasteiger partial charge in [-0.2, -0.15) is 0 Å². The van der Waals surface area contributed by atoms with E-state index in [-0.39, 0.29) is 24.7 Å². The van der Waals surface area contributed by atoms with Crippen molar-refractivity contribution in [3.8, 4) is 0 Å². The molecule has 2 heterocycles. The smallest absolute Gasteiger partial charge is 0.258 e. The first kappa shape index (κ1) is 13.5. The topological polar surface area (TPSA) is 86.7 Å². The second kappa shape index (κ2) is 4.81. The first-order valence-corrected chi connectivity index (χ1v) is 7.21. The average molecular weight is 386 g/mol. The summed E-state index contributed by atoms with van der Waals surface area (Å²) in [5.41, 5.74) is 0.942. The molecular weight excluding hydrogens is 375 g/mol. The van der Waals surface area contributed by atoms with Crippen molar-refractivity contribution in [3.05, 3.63) is 32.9 Å². The van der Waals surface area contributed by atoms with E-state index in [0.29, 0.717) is 11.1 Å². The van der Waals surface area contributed by atoms with Gasteiger partial charge in [0.1, 0.15) is 6.04 Å². The highest BCUT2D eigenvalue weighted by atomic mass is 127. The summed E-state index contributed by atoms with van der Waals surface area (Å²) in [6, 6.07) is 4.40. The summed E-state index contributed by atoms with van der Waals surface area (Å²) in [4.78, 5) is 36.7. The summed E-state index contributed by atoms with van der Waals surface area (Å²) in [5, 5.41) is 12.5. The van der Waals surface area contributed by atoms with Gasteiger partial charge in [0, 0.05) is 15.6 Å². The van der Waals surface area contributed by atoms with Crippen molar-refractivity contribution >= 4 is 40.3 Å². The van der Waals surface area contributed by atoms with Crippen LogP contribution in [0.3, 0.4) is 0 Å². The van der Waals surface area contributed by atoms with Crippen LogP contribution in [0.15, 0.2) is 18.2 Å². The molecule has 3 rings (SSSR count). The first-order valence-electron chi connectivity index (χ1n) is 6.13. The molecule has 2 aliphatic heterocycles. The third-order valence-corrected chi connectivity index (χ3v) is 4.48. The van der Waals surface area contributed by atoms with Crippen molar-refractivity contribution in [2.75, 3.05) is 0 Å². The van der Waals surface area contributed by atoms with Crippen LogP contribution in [0.2, 0.25) is 0 Å². The largest absolute Gasteiger partial charge is 0.369 e. The van der Waals surface area contributed by atoms with Gasteiger partial charge in [-0.25, -0.2) is 0 Å². The van der Waals surface area contributed by atoms with Crippen LogP contribution < -0.4 is 5.32 Å². The van der Waals surface area contributed by atoms with E-state index in [0.717, 1.165) is 8.47 Å². The van der Waals surface area contributed by atoms with Crippen LogP contribution in [-0.2, 0) is 9.59 Å². The Morgan fingerprint density at radius 2 is 2.05 bits per heavy atom. The number of benzene rings is 1. The van der Waals surface area contributed by atoms with Gasteiger partial charge < -0.3 is 5.11 Å². The molecule has 2 aliphatic rings. The molecule has 1 aromatic carbocycles. The van der Waals surface area contributed by atoms with Crippen molar-refractivity contribution in [2.24, 2.45) is 0 Å². The van der Waals surface area contributed by atoms with Gasteiger partial charge in [-0.3, -0.25) is 24.6 Å². The first-order chi connectivity index (χ1) is 9.50. The Labute approximate surface area is 128 Å². The fourth-order valence-corrected chi connectivity index (χ4v) is 3.38. The van der Waals surface area contributed by atoms with Crippen LogP contribution >= 0.6 is 22.6 Å². The summed E-state index contributed by atoms with van der Waals surface area (Å²) in [5.74, 6) is -1.25. The number of hydrogen-bond donors (Lipinski definition) is 2. The normalized spacial score (nSPS) is 25.7. The zero-order valence-electron chi connectivity index (χ0n) is 10.3. The Kier molecular flexibility index (Phi) is 3.25. The van der Waals surface area contributed by atoms with Crippen molar-refractivity contribution in [1.82, 2.24) is 10.2 Å². The maximum absolute atomic E-state index is 12.5. The molecule has 0 radical (unpaired) electrons. The molecule has 2 atom stereocenters. The van der Waals surface area contributed by atoms with Gasteiger partial charge >= 0.3 is 0 Å². The molecule has 2 unspecified atom stereocenters. The van der Waals surface area contributed by atoms with Gasteiger partial charge in [0.25, 0.3) is 5.91 Å². The number of aliphatic hydroxyl groups excluding tert-OH is 1. The summed E-state index contributed by atoms with van der Waals surface area (Å²) in [6.45, 7) is 0. The van der Waals surface area contributed by atoms with Gasteiger partial charge in [0.05, 0.1) is 5.56 Å². The third-order valence-electron chi connectivity index (χ3n) is 3.58. The van der Waals surface area contributed by atoms with E-state index in [1.807, 2.05) is 22.6 Å². The van der Waals surface area contributed by atoms with Crippen molar-refractivity contribution in [3.63, 3.8) is 0 Å². The minimum absolute atomic E-state index is 0.167. The predicted octanol–water partition coefficient (Wildman–Crippen LogP) is 0.543.